The second kappa shape index (κ2) is 5.70. The Morgan fingerprint density at radius 1 is 1.56 bits per heavy atom. The largest absolute Gasteiger partial charge is 0.375 e. The Labute approximate surface area is 96.8 Å². The number of aromatic nitrogens is 1. The maximum absolute atomic E-state index is 11.8. The van der Waals surface area contributed by atoms with E-state index in [1.165, 1.54) is 0 Å². The molecule has 1 rings (SSSR count). The zero-order valence-electron chi connectivity index (χ0n) is 10.4. The third-order valence-electron chi connectivity index (χ3n) is 2.60. The molecule has 0 aliphatic rings. The quantitative estimate of drug-likeness (QED) is 0.758. The summed E-state index contributed by atoms with van der Waals surface area (Å²) in [7, 11) is 3.52. The van der Waals surface area contributed by atoms with E-state index in [9.17, 15) is 4.79 Å². The van der Waals surface area contributed by atoms with Crippen LogP contribution in [0.1, 0.15) is 19.5 Å². The van der Waals surface area contributed by atoms with Crippen molar-refractivity contribution in [1.29, 1.82) is 0 Å². The molecule has 1 aromatic rings. The van der Waals surface area contributed by atoms with Gasteiger partial charge in [0.05, 0.1) is 6.54 Å². The number of rotatable bonds is 5. The Morgan fingerprint density at radius 3 is 2.69 bits per heavy atom. The molecule has 0 unspecified atom stereocenters. The molecule has 0 saturated carbocycles. The number of hydrogen-bond acceptors (Lipinski definition) is 2. The van der Waals surface area contributed by atoms with Gasteiger partial charge in [-0.2, -0.15) is 0 Å². The van der Waals surface area contributed by atoms with E-state index < -0.39 is 0 Å². The highest BCUT2D eigenvalue weighted by Crippen LogP contribution is 2.09. The summed E-state index contributed by atoms with van der Waals surface area (Å²) in [6.45, 7) is 4.79. The highest BCUT2D eigenvalue weighted by Gasteiger charge is 2.17. The van der Waals surface area contributed by atoms with E-state index in [0.717, 1.165) is 5.69 Å². The molecule has 4 heteroatoms. The first-order valence-corrected chi connectivity index (χ1v) is 5.45. The topological polar surface area (TPSA) is 34.5 Å². The molecule has 0 radical (unpaired) electrons. The molecule has 0 atom stereocenters. The fourth-order valence-electron chi connectivity index (χ4n) is 1.60. The Balaban J connectivity index is 2.72. The third kappa shape index (κ3) is 3.10. The molecule has 1 aromatic heterocycles. The normalized spacial score (nSPS) is 10.8. The van der Waals surface area contributed by atoms with Crippen LogP contribution in [0.3, 0.4) is 0 Å². The minimum Gasteiger partial charge on any atom is -0.375 e. The van der Waals surface area contributed by atoms with Gasteiger partial charge in [-0.1, -0.05) is 0 Å². The molecule has 0 N–H and O–H groups in total. The average molecular weight is 224 g/mol. The van der Waals surface area contributed by atoms with Crippen molar-refractivity contribution in [2.75, 3.05) is 13.7 Å². The lowest BCUT2D eigenvalue weighted by atomic mass is 10.2. The van der Waals surface area contributed by atoms with Crippen molar-refractivity contribution < 1.29 is 9.53 Å². The molecule has 0 aliphatic heterocycles. The summed E-state index contributed by atoms with van der Waals surface area (Å²) >= 11 is 0. The lowest BCUT2D eigenvalue weighted by molar-refractivity contribution is -0.137. The van der Waals surface area contributed by atoms with Crippen LogP contribution >= 0.6 is 0 Å². The number of carbonyl (C=O) groups is 1. The van der Waals surface area contributed by atoms with Gasteiger partial charge >= 0.3 is 0 Å². The van der Waals surface area contributed by atoms with Crippen LogP contribution in [-0.2, 0) is 23.1 Å². The van der Waals surface area contributed by atoms with Crippen molar-refractivity contribution in [1.82, 2.24) is 9.47 Å². The standard InChI is InChI=1S/C12H20N2O2/c1-10(2)14(12(15)9-16-4)8-11-6-5-7-13(11)3/h5-7,10H,8-9H2,1-4H3. The van der Waals surface area contributed by atoms with Crippen LogP contribution < -0.4 is 0 Å². The first-order valence-electron chi connectivity index (χ1n) is 5.45. The van der Waals surface area contributed by atoms with Gasteiger partial charge < -0.3 is 14.2 Å². The maximum Gasteiger partial charge on any atom is 0.249 e. The second-order valence-electron chi connectivity index (χ2n) is 4.16. The fourth-order valence-corrected chi connectivity index (χ4v) is 1.60. The fraction of sp³-hybridized carbons (Fsp3) is 0.583. The van der Waals surface area contributed by atoms with Crippen LogP contribution in [-0.4, -0.2) is 35.1 Å². The zero-order chi connectivity index (χ0) is 12.1. The predicted octanol–water partition coefficient (Wildman–Crippen LogP) is 1.41. The molecular formula is C12H20N2O2. The van der Waals surface area contributed by atoms with Crippen molar-refractivity contribution in [3.8, 4) is 0 Å². The molecule has 1 amide bonds. The molecule has 0 bridgehead atoms. The van der Waals surface area contributed by atoms with Gasteiger partial charge in [0.25, 0.3) is 0 Å². The molecule has 1 heterocycles. The molecule has 16 heavy (non-hydrogen) atoms. The van der Waals surface area contributed by atoms with Crippen LogP contribution in [0.2, 0.25) is 0 Å². The second-order valence-corrected chi connectivity index (χ2v) is 4.16. The van der Waals surface area contributed by atoms with Crippen molar-refractivity contribution >= 4 is 5.91 Å². The average Bonchev–Trinajstić information content (AvgIpc) is 2.60. The van der Waals surface area contributed by atoms with Crippen molar-refractivity contribution in [2.24, 2.45) is 7.05 Å². The van der Waals surface area contributed by atoms with E-state index >= 15 is 0 Å². The van der Waals surface area contributed by atoms with Gasteiger partial charge in [-0.3, -0.25) is 4.79 Å². The van der Waals surface area contributed by atoms with Crippen molar-refractivity contribution in [3.05, 3.63) is 24.0 Å². The predicted molar refractivity (Wildman–Crippen MR) is 63.0 cm³/mol. The molecule has 90 valence electrons. The number of carbonyl (C=O) groups excluding carboxylic acids is 1. The number of methoxy groups -OCH3 is 1. The summed E-state index contributed by atoms with van der Waals surface area (Å²) in [5.41, 5.74) is 1.12. The number of aryl methyl sites for hydroxylation is 1. The molecule has 0 spiro atoms. The van der Waals surface area contributed by atoms with Crippen LogP contribution in [0.4, 0.5) is 0 Å². The van der Waals surface area contributed by atoms with Gasteiger partial charge in [-0.15, -0.1) is 0 Å². The zero-order valence-corrected chi connectivity index (χ0v) is 10.4. The molecule has 0 saturated heterocycles. The molecular weight excluding hydrogens is 204 g/mol. The number of nitrogens with zero attached hydrogens (tertiary/aromatic N) is 2. The van der Waals surface area contributed by atoms with Crippen molar-refractivity contribution in [2.45, 2.75) is 26.4 Å². The van der Waals surface area contributed by atoms with Crippen LogP contribution in [0.15, 0.2) is 18.3 Å². The number of ether oxygens (including phenoxy) is 1. The van der Waals surface area contributed by atoms with Gasteiger partial charge in [-0.25, -0.2) is 0 Å². The Bertz CT molecular complexity index is 345. The van der Waals surface area contributed by atoms with Gasteiger partial charge in [0, 0.05) is 32.1 Å². The minimum absolute atomic E-state index is 0.0266. The van der Waals surface area contributed by atoms with Gasteiger partial charge in [0.15, 0.2) is 0 Å². The van der Waals surface area contributed by atoms with Crippen LogP contribution in [0.5, 0.6) is 0 Å². The number of amides is 1. The summed E-state index contributed by atoms with van der Waals surface area (Å²) in [4.78, 5) is 13.6. The SMILES string of the molecule is COCC(=O)N(Cc1cccn1C)C(C)C. The summed E-state index contributed by atoms with van der Waals surface area (Å²) in [5, 5.41) is 0. The summed E-state index contributed by atoms with van der Waals surface area (Å²) < 4.78 is 6.91. The van der Waals surface area contributed by atoms with E-state index in [0.29, 0.717) is 6.54 Å². The smallest absolute Gasteiger partial charge is 0.249 e. The first-order chi connectivity index (χ1) is 7.56. The number of hydrogen-bond donors (Lipinski definition) is 0. The Morgan fingerprint density at radius 2 is 2.25 bits per heavy atom. The van der Waals surface area contributed by atoms with E-state index in [1.807, 2.05) is 48.7 Å². The monoisotopic (exact) mass is 224 g/mol. The van der Waals surface area contributed by atoms with Crippen molar-refractivity contribution in [3.63, 3.8) is 0 Å². The Kier molecular flexibility index (Phi) is 4.55. The molecule has 0 aromatic carbocycles. The van der Waals surface area contributed by atoms with Gasteiger partial charge in [0.2, 0.25) is 5.91 Å². The highest BCUT2D eigenvalue weighted by molar-refractivity contribution is 5.77. The lowest BCUT2D eigenvalue weighted by Crippen LogP contribution is -2.39. The Hall–Kier alpha value is -1.29. The lowest BCUT2D eigenvalue weighted by Gasteiger charge is -2.26. The third-order valence-corrected chi connectivity index (χ3v) is 2.60. The highest BCUT2D eigenvalue weighted by atomic mass is 16.5. The van der Waals surface area contributed by atoms with Crippen LogP contribution in [0, 0.1) is 0 Å². The summed E-state index contributed by atoms with van der Waals surface area (Å²) in [6.07, 6.45) is 1.98. The maximum atomic E-state index is 11.8. The summed E-state index contributed by atoms with van der Waals surface area (Å²) in [5.74, 6) is 0.0266. The first kappa shape index (κ1) is 12.8. The molecule has 0 aliphatic carbocycles. The summed E-state index contributed by atoms with van der Waals surface area (Å²) in [6, 6.07) is 4.18. The molecule has 4 nitrogen and oxygen atoms in total. The van der Waals surface area contributed by atoms with Crippen LogP contribution in [0.25, 0.3) is 0 Å². The van der Waals surface area contributed by atoms with Gasteiger partial charge in [0.1, 0.15) is 6.61 Å². The van der Waals surface area contributed by atoms with E-state index in [4.69, 9.17) is 4.74 Å². The van der Waals surface area contributed by atoms with E-state index in [2.05, 4.69) is 0 Å². The van der Waals surface area contributed by atoms with Gasteiger partial charge in [-0.05, 0) is 26.0 Å². The molecule has 0 fully saturated rings. The van der Waals surface area contributed by atoms with E-state index in [-0.39, 0.29) is 18.6 Å². The van der Waals surface area contributed by atoms with E-state index in [1.54, 1.807) is 7.11 Å². The minimum atomic E-state index is 0.0266.